The second-order valence-corrected chi connectivity index (χ2v) is 10.0. The molecule has 0 spiro atoms. The van der Waals surface area contributed by atoms with Gasteiger partial charge in [0.1, 0.15) is 4.83 Å². The van der Waals surface area contributed by atoms with Gasteiger partial charge < -0.3 is 4.90 Å². The van der Waals surface area contributed by atoms with Gasteiger partial charge in [0, 0.05) is 25.0 Å². The maximum absolute atomic E-state index is 13.6. The van der Waals surface area contributed by atoms with Gasteiger partial charge in [-0.15, -0.1) is 11.3 Å². The van der Waals surface area contributed by atoms with Crippen molar-refractivity contribution in [1.29, 1.82) is 5.26 Å². The van der Waals surface area contributed by atoms with Gasteiger partial charge in [-0.3, -0.25) is 14.2 Å². The molecule has 32 heavy (non-hydrogen) atoms. The summed E-state index contributed by atoms with van der Waals surface area (Å²) in [6.07, 6.45) is 5.27. The zero-order valence-corrected chi connectivity index (χ0v) is 19.8. The predicted octanol–water partition coefficient (Wildman–Crippen LogP) is 4.04. The number of rotatable bonds is 8. The SMILES string of the molecule is CN(CCC#N)C(=O)CSc1nc2sc3c(c2c(=O)n1CCc1ccccc1)CCCC3. The number of fused-ring (bicyclic) bond motifs is 3. The molecule has 0 aliphatic heterocycles. The van der Waals surface area contributed by atoms with Gasteiger partial charge in [0.2, 0.25) is 5.91 Å². The van der Waals surface area contributed by atoms with E-state index >= 15 is 0 Å². The van der Waals surface area contributed by atoms with E-state index in [0.29, 0.717) is 24.7 Å². The van der Waals surface area contributed by atoms with Crippen molar-refractivity contribution in [3.8, 4) is 6.07 Å². The molecule has 166 valence electrons. The van der Waals surface area contributed by atoms with E-state index in [1.807, 2.05) is 18.2 Å². The molecular formula is C24H26N4O2S2. The van der Waals surface area contributed by atoms with Crippen molar-refractivity contribution >= 4 is 39.2 Å². The molecule has 0 N–H and O–H groups in total. The molecule has 0 fully saturated rings. The van der Waals surface area contributed by atoms with Crippen LogP contribution in [0.3, 0.4) is 0 Å². The summed E-state index contributed by atoms with van der Waals surface area (Å²) >= 11 is 2.95. The Morgan fingerprint density at radius 2 is 2.06 bits per heavy atom. The molecule has 0 radical (unpaired) electrons. The fraction of sp³-hybridized carbons (Fsp3) is 0.417. The summed E-state index contributed by atoms with van der Waals surface area (Å²) < 4.78 is 1.75. The zero-order valence-electron chi connectivity index (χ0n) is 18.2. The molecule has 6 nitrogen and oxygen atoms in total. The number of aromatic nitrogens is 2. The van der Waals surface area contributed by atoms with E-state index in [1.165, 1.54) is 22.2 Å². The Morgan fingerprint density at radius 3 is 2.84 bits per heavy atom. The summed E-state index contributed by atoms with van der Waals surface area (Å²) in [6.45, 7) is 0.929. The van der Waals surface area contributed by atoms with Gasteiger partial charge in [-0.05, 0) is 43.2 Å². The van der Waals surface area contributed by atoms with E-state index in [2.05, 4.69) is 18.2 Å². The summed E-state index contributed by atoms with van der Waals surface area (Å²) in [5.74, 6) is 0.121. The molecule has 0 saturated heterocycles. The first-order chi connectivity index (χ1) is 15.6. The largest absolute Gasteiger partial charge is 0.344 e. The number of benzene rings is 1. The first-order valence-corrected chi connectivity index (χ1v) is 12.7. The fourth-order valence-corrected chi connectivity index (χ4v) is 6.26. The van der Waals surface area contributed by atoms with Crippen LogP contribution >= 0.6 is 23.1 Å². The maximum atomic E-state index is 13.6. The monoisotopic (exact) mass is 466 g/mol. The van der Waals surface area contributed by atoms with Crippen molar-refractivity contribution in [2.45, 2.75) is 50.2 Å². The lowest BCUT2D eigenvalue weighted by molar-refractivity contribution is -0.127. The van der Waals surface area contributed by atoms with E-state index in [9.17, 15) is 9.59 Å². The van der Waals surface area contributed by atoms with Crippen LogP contribution in [0.25, 0.3) is 10.2 Å². The van der Waals surface area contributed by atoms with Crippen LogP contribution in [0.5, 0.6) is 0 Å². The standard InChI is InChI=1S/C24H26N4O2S2/c1-27(14-7-13-25)20(29)16-31-24-26-22-21(18-10-5-6-11-19(18)32-22)23(30)28(24)15-12-17-8-3-2-4-9-17/h2-4,8-9H,5-7,10-12,14-16H2,1H3. The van der Waals surface area contributed by atoms with Gasteiger partial charge in [0.15, 0.2) is 5.16 Å². The molecule has 3 aromatic rings. The number of carbonyl (C=O) groups is 1. The summed E-state index contributed by atoms with van der Waals surface area (Å²) in [7, 11) is 1.70. The highest BCUT2D eigenvalue weighted by Gasteiger charge is 2.23. The first kappa shape index (κ1) is 22.6. The van der Waals surface area contributed by atoms with Crippen LogP contribution in [-0.2, 0) is 30.6 Å². The smallest absolute Gasteiger partial charge is 0.263 e. The fourth-order valence-electron chi connectivity index (χ4n) is 3.99. The molecule has 2 heterocycles. The van der Waals surface area contributed by atoms with Gasteiger partial charge in [0.05, 0.1) is 23.6 Å². The number of aryl methyl sites for hydroxylation is 3. The quantitative estimate of drug-likeness (QED) is 0.370. The highest BCUT2D eigenvalue weighted by Crippen LogP contribution is 2.34. The van der Waals surface area contributed by atoms with Gasteiger partial charge in [-0.25, -0.2) is 4.98 Å². The minimum atomic E-state index is -0.0697. The molecule has 0 bridgehead atoms. The van der Waals surface area contributed by atoms with E-state index in [4.69, 9.17) is 10.2 Å². The normalized spacial score (nSPS) is 13.0. The Kier molecular flexibility index (Phi) is 7.28. The van der Waals surface area contributed by atoms with Gasteiger partial charge in [0.25, 0.3) is 5.56 Å². The average molecular weight is 467 g/mol. The number of amides is 1. The molecule has 2 aromatic heterocycles. The van der Waals surface area contributed by atoms with Crippen molar-refractivity contribution in [3.05, 3.63) is 56.7 Å². The lowest BCUT2D eigenvalue weighted by Gasteiger charge is -2.16. The van der Waals surface area contributed by atoms with Gasteiger partial charge >= 0.3 is 0 Å². The highest BCUT2D eigenvalue weighted by molar-refractivity contribution is 7.99. The Morgan fingerprint density at radius 1 is 1.28 bits per heavy atom. The van der Waals surface area contributed by atoms with Crippen molar-refractivity contribution in [3.63, 3.8) is 0 Å². The zero-order chi connectivity index (χ0) is 22.5. The third-order valence-electron chi connectivity index (χ3n) is 5.82. The second-order valence-electron chi connectivity index (χ2n) is 7.99. The maximum Gasteiger partial charge on any atom is 0.263 e. The van der Waals surface area contributed by atoms with Crippen LogP contribution < -0.4 is 5.56 Å². The Hall–Kier alpha value is -2.63. The van der Waals surface area contributed by atoms with E-state index < -0.39 is 0 Å². The molecule has 4 rings (SSSR count). The summed E-state index contributed by atoms with van der Waals surface area (Å²) in [6, 6.07) is 12.2. The molecule has 0 unspecified atom stereocenters. The number of thiophene rings is 1. The van der Waals surface area contributed by atoms with Crippen LogP contribution in [0.15, 0.2) is 40.3 Å². The topological polar surface area (TPSA) is 79.0 Å². The number of hydrogen-bond donors (Lipinski definition) is 0. The number of thioether (sulfide) groups is 1. The molecule has 1 amide bonds. The number of nitriles is 1. The summed E-state index contributed by atoms with van der Waals surface area (Å²) in [5.41, 5.74) is 2.36. The molecular weight excluding hydrogens is 440 g/mol. The Labute approximate surface area is 195 Å². The molecule has 1 aromatic carbocycles. The molecule has 8 heteroatoms. The van der Waals surface area contributed by atoms with Crippen molar-refractivity contribution < 1.29 is 4.79 Å². The molecule has 1 aliphatic carbocycles. The first-order valence-electron chi connectivity index (χ1n) is 10.9. The van der Waals surface area contributed by atoms with Gasteiger partial charge in [-0.1, -0.05) is 42.1 Å². The van der Waals surface area contributed by atoms with E-state index in [-0.39, 0.29) is 17.2 Å². The van der Waals surface area contributed by atoms with Gasteiger partial charge in [-0.2, -0.15) is 5.26 Å². The number of carbonyl (C=O) groups excluding carboxylic acids is 1. The number of nitrogens with zero attached hydrogens (tertiary/aromatic N) is 4. The second kappa shape index (κ2) is 10.3. The van der Waals surface area contributed by atoms with Crippen molar-refractivity contribution in [1.82, 2.24) is 14.5 Å². The van der Waals surface area contributed by atoms with Crippen LogP contribution in [0, 0.1) is 11.3 Å². The van der Waals surface area contributed by atoms with Crippen molar-refractivity contribution in [2.24, 2.45) is 0 Å². The average Bonchev–Trinajstić information content (AvgIpc) is 3.19. The summed E-state index contributed by atoms with van der Waals surface area (Å²) in [4.78, 5) is 34.6. The van der Waals surface area contributed by atoms with E-state index in [0.717, 1.165) is 47.9 Å². The summed E-state index contributed by atoms with van der Waals surface area (Å²) in [5, 5.41) is 10.1. The third-order valence-corrected chi connectivity index (χ3v) is 7.96. The molecule has 0 atom stereocenters. The van der Waals surface area contributed by atoms with Crippen molar-refractivity contribution in [2.75, 3.05) is 19.3 Å². The highest BCUT2D eigenvalue weighted by atomic mass is 32.2. The minimum Gasteiger partial charge on any atom is -0.344 e. The van der Waals surface area contributed by atoms with E-state index in [1.54, 1.807) is 27.9 Å². The lowest BCUT2D eigenvalue weighted by Crippen LogP contribution is -2.30. The Bertz CT molecular complexity index is 1210. The van der Waals surface area contributed by atoms with Crippen LogP contribution in [0.1, 0.15) is 35.3 Å². The predicted molar refractivity (Wildman–Crippen MR) is 129 cm³/mol. The molecule has 1 aliphatic rings. The number of hydrogen-bond acceptors (Lipinski definition) is 6. The lowest BCUT2D eigenvalue weighted by atomic mass is 9.97. The molecule has 0 saturated carbocycles. The van der Waals surface area contributed by atoms with Crippen LogP contribution in [0.2, 0.25) is 0 Å². The van der Waals surface area contributed by atoms with Crippen LogP contribution in [0.4, 0.5) is 0 Å². The minimum absolute atomic E-state index is 0.0121. The Balaban J connectivity index is 1.65. The van der Waals surface area contributed by atoms with Crippen LogP contribution in [-0.4, -0.2) is 39.7 Å². The third kappa shape index (κ3) is 4.89.